The van der Waals surface area contributed by atoms with Gasteiger partial charge in [-0.05, 0) is 13.3 Å². The number of rotatable bonds is 5. The first-order valence-electron chi connectivity index (χ1n) is 8.69. The maximum absolute atomic E-state index is 11.6. The largest absolute Gasteiger partial charge is 0.357 e. The van der Waals surface area contributed by atoms with Crippen molar-refractivity contribution < 1.29 is 9.59 Å². The molecular formula is C16H27IN6O2. The second-order valence-electron chi connectivity index (χ2n) is 6.25. The van der Waals surface area contributed by atoms with Crippen molar-refractivity contribution in [1.82, 2.24) is 25.3 Å². The lowest BCUT2D eigenvalue weighted by Gasteiger charge is -2.25. The topological polar surface area (TPSA) is 80.3 Å². The maximum atomic E-state index is 11.6. The van der Waals surface area contributed by atoms with E-state index in [4.69, 9.17) is 0 Å². The number of halogens is 1. The van der Waals surface area contributed by atoms with Crippen LogP contribution in [0.1, 0.15) is 13.3 Å². The summed E-state index contributed by atoms with van der Waals surface area (Å²) < 4.78 is 0. The Morgan fingerprint density at radius 2 is 2.12 bits per heavy atom. The quantitative estimate of drug-likeness (QED) is 0.199. The van der Waals surface area contributed by atoms with Crippen molar-refractivity contribution in [2.75, 3.05) is 52.4 Å². The summed E-state index contributed by atoms with van der Waals surface area (Å²) in [4.78, 5) is 33.7. The molecule has 0 saturated carbocycles. The van der Waals surface area contributed by atoms with E-state index in [1.54, 1.807) is 0 Å². The van der Waals surface area contributed by atoms with Gasteiger partial charge in [0.2, 0.25) is 5.91 Å². The van der Waals surface area contributed by atoms with Gasteiger partial charge >= 0.3 is 6.03 Å². The molecule has 8 nitrogen and oxygen atoms in total. The highest BCUT2D eigenvalue weighted by Gasteiger charge is 2.30. The number of likely N-dealkylation sites (tertiary alicyclic amines) is 1. The molecule has 140 valence electrons. The Kier molecular flexibility index (Phi) is 7.48. The number of nitrogens with zero attached hydrogens (tertiary/aromatic N) is 4. The summed E-state index contributed by atoms with van der Waals surface area (Å²) in [5, 5.41) is 5.85. The second kappa shape index (κ2) is 9.37. The van der Waals surface area contributed by atoms with Gasteiger partial charge in [0.25, 0.3) is 0 Å². The third-order valence-corrected chi connectivity index (χ3v) is 4.68. The summed E-state index contributed by atoms with van der Waals surface area (Å²) in [6.07, 6.45) is 5.58. The van der Waals surface area contributed by atoms with E-state index in [-0.39, 0.29) is 42.5 Å². The molecule has 0 bridgehead atoms. The van der Waals surface area contributed by atoms with E-state index in [0.29, 0.717) is 19.1 Å². The van der Waals surface area contributed by atoms with Crippen LogP contribution in [0.3, 0.4) is 0 Å². The van der Waals surface area contributed by atoms with E-state index < -0.39 is 0 Å². The molecule has 3 aliphatic heterocycles. The number of hydrogen-bond donors (Lipinski definition) is 2. The molecule has 2 N–H and O–H groups in total. The highest BCUT2D eigenvalue weighted by atomic mass is 127. The molecule has 3 heterocycles. The minimum atomic E-state index is -0.317. The van der Waals surface area contributed by atoms with E-state index in [0.717, 1.165) is 45.1 Å². The Bertz CT molecular complexity index is 529. The lowest BCUT2D eigenvalue weighted by atomic mass is 10.2. The minimum Gasteiger partial charge on any atom is -0.357 e. The number of carbonyl (C=O) groups is 2. The summed E-state index contributed by atoms with van der Waals surface area (Å²) in [6.45, 7) is 7.73. The van der Waals surface area contributed by atoms with E-state index >= 15 is 0 Å². The Morgan fingerprint density at radius 1 is 1.36 bits per heavy atom. The van der Waals surface area contributed by atoms with Crippen LogP contribution < -0.4 is 10.6 Å². The lowest BCUT2D eigenvalue weighted by Crippen LogP contribution is -2.43. The first-order chi connectivity index (χ1) is 11.7. The molecule has 0 spiro atoms. The molecule has 3 aliphatic rings. The molecule has 2 fully saturated rings. The van der Waals surface area contributed by atoms with Gasteiger partial charge in [0.1, 0.15) is 0 Å². The molecule has 1 atom stereocenters. The van der Waals surface area contributed by atoms with Crippen molar-refractivity contribution in [1.29, 1.82) is 0 Å². The highest BCUT2D eigenvalue weighted by molar-refractivity contribution is 14.0. The molecular weight excluding hydrogens is 435 g/mol. The normalized spacial score (nSPS) is 24.0. The molecule has 9 heteroatoms. The Labute approximate surface area is 165 Å². The van der Waals surface area contributed by atoms with Crippen LogP contribution in [-0.4, -0.2) is 91.0 Å². The van der Waals surface area contributed by atoms with Gasteiger partial charge in [-0.2, -0.15) is 0 Å². The van der Waals surface area contributed by atoms with Crippen LogP contribution in [0.2, 0.25) is 0 Å². The zero-order chi connectivity index (χ0) is 16.9. The fraction of sp³-hybridized carbons (Fsp3) is 0.688. The summed E-state index contributed by atoms with van der Waals surface area (Å²) in [5.41, 5.74) is 0. The number of aliphatic imine (C=N–C) groups is 1. The number of urea groups is 1. The van der Waals surface area contributed by atoms with Crippen molar-refractivity contribution in [3.05, 3.63) is 12.2 Å². The third kappa shape index (κ3) is 4.84. The molecule has 0 aromatic carbocycles. The molecule has 3 rings (SSSR count). The van der Waals surface area contributed by atoms with Crippen LogP contribution in [0, 0.1) is 0 Å². The SMILES string of the molecule is CCNC(=NCCN1C(=O)CNC1=O)N1CCC(N2CC=CC2)C1.I. The predicted molar refractivity (Wildman–Crippen MR) is 107 cm³/mol. The number of guanidine groups is 1. The Morgan fingerprint density at radius 3 is 2.76 bits per heavy atom. The fourth-order valence-corrected chi connectivity index (χ4v) is 3.39. The Balaban J connectivity index is 0.00000225. The molecule has 2 saturated heterocycles. The summed E-state index contributed by atoms with van der Waals surface area (Å²) in [6, 6.07) is 0.248. The van der Waals surface area contributed by atoms with Crippen molar-refractivity contribution in [3.8, 4) is 0 Å². The van der Waals surface area contributed by atoms with Crippen LogP contribution in [0.4, 0.5) is 4.79 Å². The van der Waals surface area contributed by atoms with Gasteiger partial charge in [-0.15, -0.1) is 24.0 Å². The molecule has 0 aliphatic carbocycles. The van der Waals surface area contributed by atoms with Crippen LogP contribution in [0.15, 0.2) is 17.1 Å². The molecule has 0 aromatic heterocycles. The summed E-state index contributed by atoms with van der Waals surface area (Å²) in [7, 11) is 0. The van der Waals surface area contributed by atoms with Crippen LogP contribution in [-0.2, 0) is 4.79 Å². The number of imide groups is 1. The van der Waals surface area contributed by atoms with E-state index in [2.05, 4.69) is 37.6 Å². The van der Waals surface area contributed by atoms with E-state index in [9.17, 15) is 9.59 Å². The highest BCUT2D eigenvalue weighted by Crippen LogP contribution is 2.17. The average molecular weight is 462 g/mol. The number of hydrogen-bond acceptors (Lipinski definition) is 4. The molecule has 25 heavy (non-hydrogen) atoms. The van der Waals surface area contributed by atoms with Gasteiger partial charge in [-0.25, -0.2) is 4.79 Å². The van der Waals surface area contributed by atoms with Crippen LogP contribution >= 0.6 is 24.0 Å². The minimum absolute atomic E-state index is 0. The smallest absolute Gasteiger partial charge is 0.324 e. The lowest BCUT2D eigenvalue weighted by molar-refractivity contribution is -0.124. The van der Waals surface area contributed by atoms with E-state index in [1.807, 2.05) is 6.92 Å². The van der Waals surface area contributed by atoms with Gasteiger partial charge in [0.15, 0.2) is 5.96 Å². The molecule has 0 aromatic rings. The molecule has 0 radical (unpaired) electrons. The van der Waals surface area contributed by atoms with Gasteiger partial charge in [-0.1, -0.05) is 12.2 Å². The van der Waals surface area contributed by atoms with Gasteiger partial charge in [0.05, 0.1) is 19.6 Å². The van der Waals surface area contributed by atoms with Crippen LogP contribution in [0.25, 0.3) is 0 Å². The zero-order valence-electron chi connectivity index (χ0n) is 14.6. The van der Waals surface area contributed by atoms with Crippen molar-refractivity contribution >= 4 is 41.9 Å². The summed E-state index contributed by atoms with van der Waals surface area (Å²) >= 11 is 0. The van der Waals surface area contributed by atoms with Gasteiger partial charge in [0, 0.05) is 38.8 Å². The average Bonchev–Trinajstić information content (AvgIpc) is 3.30. The van der Waals surface area contributed by atoms with Gasteiger partial charge in [-0.3, -0.25) is 19.6 Å². The number of carbonyl (C=O) groups excluding carboxylic acids is 2. The number of nitrogens with one attached hydrogen (secondary N) is 2. The fourth-order valence-electron chi connectivity index (χ4n) is 3.39. The van der Waals surface area contributed by atoms with Gasteiger partial charge < -0.3 is 15.5 Å². The van der Waals surface area contributed by atoms with E-state index in [1.165, 1.54) is 4.90 Å². The first-order valence-corrected chi connectivity index (χ1v) is 8.69. The molecule has 3 amide bonds. The predicted octanol–water partition coefficient (Wildman–Crippen LogP) is 0.0678. The summed E-state index contributed by atoms with van der Waals surface area (Å²) in [5.74, 6) is 0.696. The first kappa shape index (κ1) is 20.0. The van der Waals surface area contributed by atoms with Crippen molar-refractivity contribution in [3.63, 3.8) is 0 Å². The molecule has 1 unspecified atom stereocenters. The number of amides is 3. The van der Waals surface area contributed by atoms with Crippen molar-refractivity contribution in [2.24, 2.45) is 4.99 Å². The third-order valence-electron chi connectivity index (χ3n) is 4.68. The van der Waals surface area contributed by atoms with Crippen LogP contribution in [0.5, 0.6) is 0 Å². The zero-order valence-corrected chi connectivity index (χ0v) is 16.9. The monoisotopic (exact) mass is 462 g/mol. The van der Waals surface area contributed by atoms with Crippen molar-refractivity contribution in [2.45, 2.75) is 19.4 Å². The standard InChI is InChI=1S/C16H26N6O2.HI/c1-2-17-15(18-6-10-22-14(23)11-19-16(22)24)21-9-5-13(12-21)20-7-3-4-8-20;/h3-4,13H,2,5-12H2,1H3,(H,17,18)(H,19,24);1H. The Hall–Kier alpha value is -1.36. The maximum Gasteiger partial charge on any atom is 0.324 e. The second-order valence-corrected chi connectivity index (χ2v) is 6.25.